The number of halogens is 1. The minimum absolute atomic E-state index is 0.279. The van der Waals surface area contributed by atoms with Crippen molar-refractivity contribution in [3.05, 3.63) is 50.8 Å². The van der Waals surface area contributed by atoms with E-state index in [-0.39, 0.29) is 4.85 Å². The molecule has 0 N–H and O–H groups in total. The second-order valence-corrected chi connectivity index (χ2v) is 3.35. The fourth-order valence-corrected chi connectivity index (χ4v) is 1.28. The Bertz CT molecular complexity index is 537. The van der Waals surface area contributed by atoms with Gasteiger partial charge in [0.05, 0.1) is 0 Å². The molecule has 2 rings (SSSR count). The van der Waals surface area contributed by atoms with Gasteiger partial charge in [-0.05, 0) is 34.0 Å². The van der Waals surface area contributed by atoms with E-state index in [0.29, 0.717) is 10.7 Å². The quantitative estimate of drug-likeness (QED) is 0.340. The van der Waals surface area contributed by atoms with E-state index in [1.165, 1.54) is 12.1 Å². The highest BCUT2D eigenvalue weighted by molar-refractivity contribution is 6.30. The van der Waals surface area contributed by atoms with E-state index in [2.05, 4.69) is 5.10 Å². The standard InChI is InChI=1S/C8H5ClN4O3/c9-6-1-3-7(4-2-6)12-10-8(13(15)16)5-11(12)14/h1-5H. The van der Waals surface area contributed by atoms with E-state index in [0.717, 1.165) is 11.0 Å². The highest BCUT2D eigenvalue weighted by Gasteiger charge is 2.18. The van der Waals surface area contributed by atoms with Gasteiger partial charge in [-0.1, -0.05) is 11.6 Å². The van der Waals surface area contributed by atoms with Crippen molar-refractivity contribution < 1.29 is 9.77 Å². The number of nitro groups is 1. The molecule has 0 radical (unpaired) electrons. The normalized spacial score (nSPS) is 10.3. The predicted octanol–water partition coefficient (Wildman–Crippen LogP) is 1.07. The van der Waals surface area contributed by atoms with Crippen LogP contribution in [0.2, 0.25) is 5.02 Å². The summed E-state index contributed by atoms with van der Waals surface area (Å²) < 4.78 is 0. The Kier molecular flexibility index (Phi) is 2.45. The molecular formula is C8H5ClN4O3. The first-order valence-electron chi connectivity index (χ1n) is 4.18. The van der Waals surface area contributed by atoms with Crippen LogP contribution in [-0.2, 0) is 0 Å². The number of hydrogen-bond donors (Lipinski definition) is 0. The molecule has 0 saturated carbocycles. The smallest absolute Gasteiger partial charge is 0.434 e. The molecule has 1 aromatic heterocycles. The van der Waals surface area contributed by atoms with Crippen LogP contribution in [0.4, 0.5) is 5.82 Å². The molecule has 1 heterocycles. The van der Waals surface area contributed by atoms with Crippen LogP contribution in [0.3, 0.4) is 0 Å². The van der Waals surface area contributed by atoms with Gasteiger partial charge in [0.15, 0.2) is 0 Å². The second kappa shape index (κ2) is 3.78. The van der Waals surface area contributed by atoms with Crippen LogP contribution in [-0.4, -0.2) is 14.8 Å². The monoisotopic (exact) mass is 240 g/mol. The molecule has 0 amide bonds. The zero-order valence-electron chi connectivity index (χ0n) is 7.78. The van der Waals surface area contributed by atoms with Crippen LogP contribution in [0.15, 0.2) is 30.5 Å². The van der Waals surface area contributed by atoms with Crippen LogP contribution in [0, 0.1) is 15.3 Å². The van der Waals surface area contributed by atoms with Gasteiger partial charge in [-0.3, -0.25) is 0 Å². The molecule has 0 aliphatic rings. The molecule has 0 atom stereocenters. The minimum Gasteiger partial charge on any atom is -0.692 e. The van der Waals surface area contributed by atoms with Crippen LogP contribution in [0.1, 0.15) is 0 Å². The SMILES string of the molecule is O=[N+]([O-])c1c[n+]([O-])n(-c2ccc(Cl)cc2)n1. The van der Waals surface area contributed by atoms with Crippen molar-refractivity contribution in [1.82, 2.24) is 9.90 Å². The largest absolute Gasteiger partial charge is 0.692 e. The van der Waals surface area contributed by atoms with E-state index in [1.807, 2.05) is 0 Å². The summed E-state index contributed by atoms with van der Waals surface area (Å²) in [6.07, 6.45) is 0.786. The molecule has 0 saturated heterocycles. The van der Waals surface area contributed by atoms with E-state index in [4.69, 9.17) is 11.6 Å². The van der Waals surface area contributed by atoms with E-state index in [9.17, 15) is 15.3 Å². The lowest BCUT2D eigenvalue weighted by atomic mass is 10.3. The van der Waals surface area contributed by atoms with Gasteiger partial charge in [0.25, 0.3) is 0 Å². The van der Waals surface area contributed by atoms with Gasteiger partial charge >= 0.3 is 5.82 Å². The van der Waals surface area contributed by atoms with Gasteiger partial charge < -0.3 is 15.3 Å². The summed E-state index contributed by atoms with van der Waals surface area (Å²) >= 11 is 5.67. The first kappa shape index (κ1) is 10.4. The van der Waals surface area contributed by atoms with Gasteiger partial charge in [0.2, 0.25) is 6.20 Å². The highest BCUT2D eigenvalue weighted by Crippen LogP contribution is 2.12. The molecule has 0 spiro atoms. The van der Waals surface area contributed by atoms with Crippen molar-refractivity contribution in [1.29, 1.82) is 0 Å². The molecule has 0 bridgehead atoms. The molecular weight excluding hydrogens is 236 g/mol. The first-order chi connectivity index (χ1) is 7.58. The minimum atomic E-state index is -0.735. The Morgan fingerprint density at radius 2 is 2.00 bits per heavy atom. The molecule has 1 aromatic carbocycles. The summed E-state index contributed by atoms with van der Waals surface area (Å²) in [6.45, 7) is 0. The van der Waals surface area contributed by atoms with Crippen LogP contribution in [0.25, 0.3) is 5.69 Å². The molecule has 7 nitrogen and oxygen atoms in total. The second-order valence-electron chi connectivity index (χ2n) is 2.91. The lowest BCUT2D eigenvalue weighted by Crippen LogP contribution is -2.36. The number of nitrogens with zero attached hydrogens (tertiary/aromatic N) is 4. The van der Waals surface area contributed by atoms with Crippen molar-refractivity contribution in [3.63, 3.8) is 0 Å². The summed E-state index contributed by atoms with van der Waals surface area (Å²) in [7, 11) is 0. The molecule has 8 heteroatoms. The molecule has 0 aliphatic carbocycles. The van der Waals surface area contributed by atoms with Crippen molar-refractivity contribution >= 4 is 17.4 Å². The van der Waals surface area contributed by atoms with Crippen molar-refractivity contribution in [2.24, 2.45) is 0 Å². The van der Waals surface area contributed by atoms with Crippen LogP contribution >= 0.6 is 11.6 Å². The average Bonchev–Trinajstić information content (AvgIpc) is 2.62. The maximum Gasteiger partial charge on any atom is 0.434 e. The fraction of sp³-hybridized carbons (Fsp3) is 0. The average molecular weight is 241 g/mol. The zero-order valence-corrected chi connectivity index (χ0v) is 8.53. The summed E-state index contributed by atoms with van der Waals surface area (Å²) in [5.74, 6) is -0.509. The third-order valence-corrected chi connectivity index (χ3v) is 2.11. The molecule has 82 valence electrons. The Balaban J connectivity index is 2.47. The van der Waals surface area contributed by atoms with Gasteiger partial charge in [-0.15, -0.1) is 4.85 Å². The van der Waals surface area contributed by atoms with Gasteiger partial charge in [0, 0.05) is 5.02 Å². The van der Waals surface area contributed by atoms with E-state index in [1.54, 1.807) is 12.1 Å². The van der Waals surface area contributed by atoms with Crippen molar-refractivity contribution in [2.45, 2.75) is 0 Å². The third-order valence-electron chi connectivity index (χ3n) is 1.85. The lowest BCUT2D eigenvalue weighted by Gasteiger charge is -2.01. The topological polar surface area (TPSA) is 87.9 Å². The van der Waals surface area contributed by atoms with Crippen LogP contribution in [0.5, 0.6) is 0 Å². The predicted molar refractivity (Wildman–Crippen MR) is 54.2 cm³/mol. The summed E-state index contributed by atoms with van der Waals surface area (Å²) in [4.78, 5) is 10.8. The Morgan fingerprint density at radius 1 is 1.38 bits per heavy atom. The van der Waals surface area contributed by atoms with Gasteiger partial charge in [-0.25, -0.2) is 0 Å². The maximum absolute atomic E-state index is 11.3. The molecule has 16 heavy (non-hydrogen) atoms. The fourth-order valence-electron chi connectivity index (χ4n) is 1.15. The maximum atomic E-state index is 11.3. The van der Waals surface area contributed by atoms with Gasteiger partial charge in [-0.2, -0.15) is 0 Å². The summed E-state index contributed by atoms with van der Waals surface area (Å²) in [5, 5.41) is 25.8. The number of aromatic nitrogens is 3. The molecule has 0 unspecified atom stereocenters. The molecule has 0 fully saturated rings. The number of rotatable bonds is 2. The Hall–Kier alpha value is -2.15. The molecule has 0 aliphatic heterocycles. The Labute approximate surface area is 94.2 Å². The third kappa shape index (κ3) is 1.80. The van der Waals surface area contributed by atoms with Gasteiger partial charge in [0.1, 0.15) is 10.8 Å². The number of hydrogen-bond acceptors (Lipinski definition) is 4. The zero-order chi connectivity index (χ0) is 11.7. The lowest BCUT2D eigenvalue weighted by molar-refractivity contribution is -0.689. The van der Waals surface area contributed by atoms with Crippen molar-refractivity contribution in [3.8, 4) is 5.69 Å². The Morgan fingerprint density at radius 3 is 2.50 bits per heavy atom. The van der Waals surface area contributed by atoms with Crippen molar-refractivity contribution in [2.75, 3.05) is 0 Å². The summed E-state index contributed by atoms with van der Waals surface area (Å²) in [6, 6.07) is 6.19. The van der Waals surface area contributed by atoms with E-state index < -0.39 is 10.7 Å². The summed E-state index contributed by atoms with van der Waals surface area (Å²) in [5.41, 5.74) is 0.396. The van der Waals surface area contributed by atoms with Crippen LogP contribution < -0.4 is 4.85 Å². The first-order valence-corrected chi connectivity index (χ1v) is 4.55. The van der Waals surface area contributed by atoms with E-state index >= 15 is 0 Å². The molecule has 2 aromatic rings. The number of benzene rings is 1. The highest BCUT2D eigenvalue weighted by atomic mass is 35.5.